The van der Waals surface area contributed by atoms with Crippen molar-refractivity contribution >= 4 is 0 Å². The zero-order valence-corrected chi connectivity index (χ0v) is 12.8. The van der Waals surface area contributed by atoms with Crippen LogP contribution in [-0.4, -0.2) is 37.6 Å². The molecule has 0 fully saturated rings. The lowest BCUT2D eigenvalue weighted by Gasteiger charge is -2.28. The van der Waals surface area contributed by atoms with Crippen molar-refractivity contribution in [2.45, 2.75) is 53.9 Å². The fraction of sp³-hybridized carbons (Fsp3) is 1.00. The van der Waals surface area contributed by atoms with Crippen molar-refractivity contribution in [3.8, 4) is 0 Å². The fourth-order valence-electron chi connectivity index (χ4n) is 2.28. The van der Waals surface area contributed by atoms with Crippen LogP contribution in [-0.2, 0) is 0 Å². The van der Waals surface area contributed by atoms with Gasteiger partial charge in [-0.1, -0.05) is 47.5 Å². The van der Waals surface area contributed by atoms with Crippen molar-refractivity contribution in [2.24, 2.45) is 11.8 Å². The third-order valence-corrected chi connectivity index (χ3v) is 3.61. The minimum absolute atomic E-state index is 0.760. The lowest BCUT2D eigenvalue weighted by molar-refractivity contribution is 0.205. The SMILES string of the molecule is CCCNCC(C)CN(CC)CC(CC)CC. The second-order valence-electron chi connectivity index (χ2n) is 5.34. The van der Waals surface area contributed by atoms with E-state index in [0.29, 0.717) is 0 Å². The first-order valence-electron chi connectivity index (χ1n) is 7.60. The number of hydrogen-bond acceptors (Lipinski definition) is 2. The summed E-state index contributed by atoms with van der Waals surface area (Å²) in [6, 6.07) is 0. The first kappa shape index (κ1) is 16.9. The highest BCUT2D eigenvalue weighted by Gasteiger charge is 2.12. The average Bonchev–Trinajstić information content (AvgIpc) is 2.34. The summed E-state index contributed by atoms with van der Waals surface area (Å²) in [5.41, 5.74) is 0. The van der Waals surface area contributed by atoms with Crippen molar-refractivity contribution in [1.29, 1.82) is 0 Å². The molecular weight excluding hydrogens is 208 g/mol. The van der Waals surface area contributed by atoms with Crippen LogP contribution in [0.15, 0.2) is 0 Å². The molecule has 0 aliphatic carbocycles. The van der Waals surface area contributed by atoms with Gasteiger partial charge in [-0.15, -0.1) is 0 Å². The van der Waals surface area contributed by atoms with Crippen LogP contribution in [0.4, 0.5) is 0 Å². The smallest absolute Gasteiger partial charge is 0.00191 e. The Hall–Kier alpha value is -0.0800. The maximum atomic E-state index is 3.52. The van der Waals surface area contributed by atoms with Crippen LogP contribution in [0.1, 0.15) is 53.9 Å². The Bertz CT molecular complexity index is 155. The Morgan fingerprint density at radius 3 is 2.12 bits per heavy atom. The molecule has 1 atom stereocenters. The number of hydrogen-bond donors (Lipinski definition) is 1. The van der Waals surface area contributed by atoms with Gasteiger partial charge in [0.1, 0.15) is 0 Å². The largest absolute Gasteiger partial charge is 0.316 e. The van der Waals surface area contributed by atoms with Crippen molar-refractivity contribution < 1.29 is 0 Å². The van der Waals surface area contributed by atoms with Gasteiger partial charge in [-0.25, -0.2) is 0 Å². The minimum Gasteiger partial charge on any atom is -0.316 e. The molecule has 1 N–H and O–H groups in total. The monoisotopic (exact) mass is 242 g/mol. The Labute approximate surface area is 109 Å². The molecule has 0 aromatic heterocycles. The van der Waals surface area contributed by atoms with E-state index in [1.807, 2.05) is 0 Å². The van der Waals surface area contributed by atoms with Gasteiger partial charge < -0.3 is 10.2 Å². The Morgan fingerprint density at radius 1 is 1.00 bits per heavy atom. The van der Waals surface area contributed by atoms with Crippen molar-refractivity contribution in [3.05, 3.63) is 0 Å². The molecule has 2 heteroatoms. The lowest BCUT2D eigenvalue weighted by atomic mass is 10.0. The van der Waals surface area contributed by atoms with Gasteiger partial charge in [0.05, 0.1) is 0 Å². The molecule has 0 saturated heterocycles. The molecule has 0 saturated carbocycles. The maximum Gasteiger partial charge on any atom is 0.00191 e. The highest BCUT2D eigenvalue weighted by Crippen LogP contribution is 2.11. The van der Waals surface area contributed by atoms with E-state index in [1.165, 1.54) is 38.9 Å². The van der Waals surface area contributed by atoms with Gasteiger partial charge in [0.25, 0.3) is 0 Å². The van der Waals surface area contributed by atoms with Crippen LogP contribution in [0.3, 0.4) is 0 Å². The van der Waals surface area contributed by atoms with Crippen LogP contribution in [0.2, 0.25) is 0 Å². The Morgan fingerprint density at radius 2 is 1.65 bits per heavy atom. The predicted molar refractivity (Wildman–Crippen MR) is 78.5 cm³/mol. The third-order valence-electron chi connectivity index (χ3n) is 3.61. The first-order valence-corrected chi connectivity index (χ1v) is 7.60. The molecule has 0 radical (unpaired) electrons. The van der Waals surface area contributed by atoms with Crippen LogP contribution >= 0.6 is 0 Å². The summed E-state index contributed by atoms with van der Waals surface area (Å²) in [4.78, 5) is 2.62. The highest BCUT2D eigenvalue weighted by atomic mass is 15.1. The van der Waals surface area contributed by atoms with Gasteiger partial charge in [0, 0.05) is 13.1 Å². The van der Waals surface area contributed by atoms with E-state index in [-0.39, 0.29) is 0 Å². The normalized spacial score (nSPS) is 13.6. The van der Waals surface area contributed by atoms with Crippen molar-refractivity contribution in [3.63, 3.8) is 0 Å². The Kier molecular flexibility index (Phi) is 11.0. The first-order chi connectivity index (χ1) is 8.17. The molecule has 0 aromatic rings. The van der Waals surface area contributed by atoms with Gasteiger partial charge in [0.2, 0.25) is 0 Å². The third kappa shape index (κ3) is 8.62. The van der Waals surface area contributed by atoms with Gasteiger partial charge >= 0.3 is 0 Å². The second-order valence-corrected chi connectivity index (χ2v) is 5.34. The lowest BCUT2D eigenvalue weighted by Crippen LogP contribution is -2.36. The van der Waals surface area contributed by atoms with E-state index in [1.54, 1.807) is 0 Å². The maximum absolute atomic E-state index is 3.52. The van der Waals surface area contributed by atoms with Crippen LogP contribution in [0.25, 0.3) is 0 Å². The van der Waals surface area contributed by atoms with Crippen molar-refractivity contribution in [1.82, 2.24) is 10.2 Å². The van der Waals surface area contributed by atoms with E-state index < -0.39 is 0 Å². The predicted octanol–water partition coefficient (Wildman–Crippen LogP) is 3.38. The quantitative estimate of drug-likeness (QED) is 0.559. The standard InChI is InChI=1S/C15H34N2/c1-6-10-16-11-14(5)12-17(9-4)13-15(7-2)8-3/h14-16H,6-13H2,1-5H3. The van der Waals surface area contributed by atoms with Crippen LogP contribution < -0.4 is 5.32 Å². The zero-order chi connectivity index (χ0) is 13.1. The van der Waals surface area contributed by atoms with Gasteiger partial charge in [0.15, 0.2) is 0 Å². The summed E-state index contributed by atoms with van der Waals surface area (Å²) >= 11 is 0. The second kappa shape index (κ2) is 11.0. The molecule has 0 aromatic carbocycles. The van der Waals surface area contributed by atoms with E-state index in [0.717, 1.165) is 24.9 Å². The van der Waals surface area contributed by atoms with E-state index in [9.17, 15) is 0 Å². The zero-order valence-electron chi connectivity index (χ0n) is 12.8. The molecule has 0 aliphatic heterocycles. The van der Waals surface area contributed by atoms with E-state index in [2.05, 4.69) is 44.8 Å². The van der Waals surface area contributed by atoms with Crippen LogP contribution in [0, 0.1) is 11.8 Å². The molecule has 0 rings (SSSR count). The molecular formula is C15H34N2. The van der Waals surface area contributed by atoms with E-state index in [4.69, 9.17) is 0 Å². The molecule has 2 nitrogen and oxygen atoms in total. The minimum atomic E-state index is 0.760. The summed E-state index contributed by atoms with van der Waals surface area (Å²) in [6.07, 6.45) is 3.86. The van der Waals surface area contributed by atoms with Gasteiger partial charge in [-0.2, -0.15) is 0 Å². The fourth-order valence-corrected chi connectivity index (χ4v) is 2.28. The van der Waals surface area contributed by atoms with Gasteiger partial charge in [-0.3, -0.25) is 0 Å². The summed E-state index contributed by atoms with van der Waals surface area (Å²) < 4.78 is 0. The van der Waals surface area contributed by atoms with E-state index >= 15 is 0 Å². The summed E-state index contributed by atoms with van der Waals surface area (Å²) in [5, 5.41) is 3.52. The Balaban J connectivity index is 3.85. The van der Waals surface area contributed by atoms with Crippen LogP contribution in [0.5, 0.6) is 0 Å². The highest BCUT2D eigenvalue weighted by molar-refractivity contribution is 4.67. The molecule has 17 heavy (non-hydrogen) atoms. The molecule has 104 valence electrons. The molecule has 0 bridgehead atoms. The van der Waals surface area contributed by atoms with Gasteiger partial charge in [-0.05, 0) is 37.9 Å². The molecule has 0 spiro atoms. The molecule has 0 aliphatic rings. The number of rotatable bonds is 11. The topological polar surface area (TPSA) is 15.3 Å². The average molecular weight is 242 g/mol. The summed E-state index contributed by atoms with van der Waals surface area (Å²) in [6.45, 7) is 17.5. The number of nitrogens with zero attached hydrogens (tertiary/aromatic N) is 1. The molecule has 0 amide bonds. The summed E-state index contributed by atoms with van der Waals surface area (Å²) in [5.74, 6) is 1.64. The molecule has 0 heterocycles. The number of nitrogens with one attached hydrogen (secondary N) is 1. The summed E-state index contributed by atoms with van der Waals surface area (Å²) in [7, 11) is 0. The molecule has 1 unspecified atom stereocenters. The van der Waals surface area contributed by atoms with Crippen molar-refractivity contribution in [2.75, 3.05) is 32.7 Å².